The summed E-state index contributed by atoms with van der Waals surface area (Å²) >= 11 is 6.65. The Morgan fingerprint density at radius 3 is 2.67 bits per heavy atom. The molecule has 2 aliphatic carbocycles. The monoisotopic (exact) mass is 401 g/mol. The van der Waals surface area contributed by atoms with Crippen molar-refractivity contribution in [3.63, 3.8) is 0 Å². The van der Waals surface area contributed by atoms with E-state index in [-0.39, 0.29) is 47.7 Å². The van der Waals surface area contributed by atoms with Crippen LogP contribution in [0.5, 0.6) is 0 Å². The van der Waals surface area contributed by atoms with Gasteiger partial charge in [-0.15, -0.1) is 11.6 Å². The predicted molar refractivity (Wildman–Crippen MR) is 101 cm³/mol. The normalized spacial score (nSPS) is 48.6. The third-order valence-corrected chi connectivity index (χ3v) is 7.63. The zero-order valence-corrected chi connectivity index (χ0v) is 16.7. The van der Waals surface area contributed by atoms with E-state index < -0.39 is 5.97 Å². The standard InChI is InChI=1S/C19H32ClN3O4/c1-10-15(16(22-26-10)13-7-2-3-8-14(13)20)18-21-17(23-27-18)11-5-4-6-12(9-11)19(24)25/h10-18,21-23H,2-9H2,1H3,(H,24,25). The number of hydrogen-bond acceptors (Lipinski definition) is 6. The van der Waals surface area contributed by atoms with Gasteiger partial charge in [-0.1, -0.05) is 19.3 Å². The number of hydrogen-bond donors (Lipinski definition) is 4. The Kier molecular flexibility index (Phi) is 6.26. The number of carboxylic acids is 1. The molecule has 0 radical (unpaired) electrons. The van der Waals surface area contributed by atoms with E-state index >= 15 is 0 Å². The lowest BCUT2D eigenvalue weighted by Crippen LogP contribution is -2.50. The molecule has 154 valence electrons. The van der Waals surface area contributed by atoms with Crippen LogP contribution < -0.4 is 16.3 Å². The zero-order valence-electron chi connectivity index (χ0n) is 15.9. The van der Waals surface area contributed by atoms with E-state index in [0.29, 0.717) is 12.3 Å². The summed E-state index contributed by atoms with van der Waals surface area (Å²) in [5.41, 5.74) is 6.39. The quantitative estimate of drug-likeness (QED) is 0.537. The summed E-state index contributed by atoms with van der Waals surface area (Å²) in [5, 5.41) is 13.1. The molecule has 4 rings (SSSR count). The van der Waals surface area contributed by atoms with E-state index in [1.807, 2.05) is 0 Å². The van der Waals surface area contributed by atoms with Crippen LogP contribution in [0.3, 0.4) is 0 Å². The van der Waals surface area contributed by atoms with Crippen LogP contribution in [-0.4, -0.2) is 41.0 Å². The van der Waals surface area contributed by atoms with Crippen LogP contribution in [0.4, 0.5) is 0 Å². The second-order valence-electron chi connectivity index (χ2n) is 8.77. The maximum absolute atomic E-state index is 11.4. The van der Waals surface area contributed by atoms with Crippen molar-refractivity contribution in [3.05, 3.63) is 0 Å². The van der Waals surface area contributed by atoms with Gasteiger partial charge in [-0.2, -0.15) is 11.0 Å². The molecule has 0 bridgehead atoms. The molecular weight excluding hydrogens is 370 g/mol. The maximum Gasteiger partial charge on any atom is 0.306 e. The van der Waals surface area contributed by atoms with Crippen LogP contribution in [0.2, 0.25) is 0 Å². The Bertz CT molecular complexity index is 539. The number of halogens is 1. The van der Waals surface area contributed by atoms with Gasteiger partial charge in [-0.05, 0) is 50.9 Å². The number of alkyl halides is 1. The Hall–Kier alpha value is -0.440. The minimum absolute atomic E-state index is 0.0104. The van der Waals surface area contributed by atoms with Gasteiger partial charge in [0.1, 0.15) is 6.23 Å². The Labute approximate surface area is 165 Å². The summed E-state index contributed by atoms with van der Waals surface area (Å²) in [7, 11) is 0. The highest BCUT2D eigenvalue weighted by atomic mass is 35.5. The van der Waals surface area contributed by atoms with Crippen molar-refractivity contribution in [2.45, 2.75) is 88.2 Å². The summed E-state index contributed by atoms with van der Waals surface area (Å²) in [6, 6.07) is 0.166. The number of rotatable bonds is 4. The molecule has 0 aromatic carbocycles. The Morgan fingerprint density at radius 1 is 1.07 bits per heavy atom. The van der Waals surface area contributed by atoms with Crippen molar-refractivity contribution in [1.82, 2.24) is 16.3 Å². The fraction of sp³-hybridized carbons (Fsp3) is 0.947. The summed E-state index contributed by atoms with van der Waals surface area (Å²) in [4.78, 5) is 23.1. The molecule has 2 saturated heterocycles. The molecule has 0 spiro atoms. The molecular formula is C19H32ClN3O4. The van der Waals surface area contributed by atoms with Crippen molar-refractivity contribution < 1.29 is 19.6 Å². The predicted octanol–water partition coefficient (Wildman–Crippen LogP) is 2.36. The minimum atomic E-state index is -0.678. The van der Waals surface area contributed by atoms with Crippen molar-refractivity contribution in [2.24, 2.45) is 23.7 Å². The fourth-order valence-electron chi connectivity index (χ4n) is 5.53. The molecule has 9 unspecified atom stereocenters. The van der Waals surface area contributed by atoms with Gasteiger partial charge in [0.05, 0.1) is 18.2 Å². The van der Waals surface area contributed by atoms with Crippen LogP contribution in [0.1, 0.15) is 58.3 Å². The second-order valence-corrected chi connectivity index (χ2v) is 9.33. The van der Waals surface area contributed by atoms with E-state index in [9.17, 15) is 9.90 Å². The van der Waals surface area contributed by atoms with Crippen molar-refractivity contribution in [2.75, 3.05) is 0 Å². The Balaban J connectivity index is 1.40. The number of aliphatic carboxylic acids is 1. The lowest BCUT2D eigenvalue weighted by atomic mass is 9.77. The van der Waals surface area contributed by atoms with Gasteiger partial charge >= 0.3 is 5.97 Å². The molecule has 4 fully saturated rings. The molecule has 0 aromatic heterocycles. The molecule has 2 heterocycles. The van der Waals surface area contributed by atoms with Gasteiger partial charge in [0.2, 0.25) is 0 Å². The highest BCUT2D eigenvalue weighted by Crippen LogP contribution is 2.39. The molecule has 27 heavy (non-hydrogen) atoms. The lowest BCUT2D eigenvalue weighted by molar-refractivity contribution is -0.143. The number of nitrogens with one attached hydrogen (secondary N) is 3. The summed E-state index contributed by atoms with van der Waals surface area (Å²) < 4.78 is 0. The van der Waals surface area contributed by atoms with E-state index in [4.69, 9.17) is 21.3 Å². The minimum Gasteiger partial charge on any atom is -0.481 e. The number of hydroxylamine groups is 2. The van der Waals surface area contributed by atoms with Crippen LogP contribution in [0.15, 0.2) is 0 Å². The molecule has 0 aromatic rings. The Morgan fingerprint density at radius 2 is 1.89 bits per heavy atom. The van der Waals surface area contributed by atoms with Gasteiger partial charge in [0.15, 0.2) is 0 Å². The number of carbonyl (C=O) groups is 1. The molecule has 4 aliphatic rings. The first-order valence-electron chi connectivity index (χ1n) is 10.5. The van der Waals surface area contributed by atoms with E-state index in [1.54, 1.807) is 0 Å². The summed E-state index contributed by atoms with van der Waals surface area (Å²) in [6.45, 7) is 2.07. The molecule has 2 saturated carbocycles. The average molecular weight is 402 g/mol. The van der Waals surface area contributed by atoms with Gasteiger partial charge in [0, 0.05) is 17.3 Å². The van der Waals surface area contributed by atoms with E-state index in [1.165, 1.54) is 12.8 Å². The first-order chi connectivity index (χ1) is 13.0. The SMILES string of the molecule is CC1ONC(C2CCCCC2Cl)C1C1NC(C2CCCC(C(=O)O)C2)NO1. The second kappa shape index (κ2) is 8.51. The van der Waals surface area contributed by atoms with Crippen molar-refractivity contribution >= 4 is 17.6 Å². The molecule has 7 nitrogen and oxygen atoms in total. The molecule has 9 atom stereocenters. The van der Waals surface area contributed by atoms with Gasteiger partial charge < -0.3 is 5.11 Å². The van der Waals surface area contributed by atoms with Gasteiger partial charge in [-0.25, -0.2) is 0 Å². The maximum atomic E-state index is 11.4. The largest absolute Gasteiger partial charge is 0.481 e. The zero-order chi connectivity index (χ0) is 19.0. The third-order valence-electron chi connectivity index (χ3n) is 7.09. The van der Waals surface area contributed by atoms with E-state index in [2.05, 4.69) is 23.2 Å². The smallest absolute Gasteiger partial charge is 0.306 e. The third kappa shape index (κ3) is 4.14. The summed E-state index contributed by atoms with van der Waals surface area (Å²) in [5.74, 6) is -0.113. The highest BCUT2D eigenvalue weighted by Gasteiger charge is 2.49. The lowest BCUT2D eigenvalue weighted by Gasteiger charge is -2.36. The summed E-state index contributed by atoms with van der Waals surface area (Å²) in [6.07, 6.45) is 7.89. The van der Waals surface area contributed by atoms with Crippen molar-refractivity contribution in [3.8, 4) is 0 Å². The van der Waals surface area contributed by atoms with E-state index in [0.717, 1.165) is 32.1 Å². The first-order valence-corrected chi connectivity index (χ1v) is 10.9. The molecule has 0 amide bonds. The molecule has 4 N–H and O–H groups in total. The number of carboxylic acid groups (broad SMARTS) is 1. The molecule has 8 heteroatoms. The van der Waals surface area contributed by atoms with Crippen molar-refractivity contribution in [1.29, 1.82) is 0 Å². The first kappa shape index (κ1) is 19.9. The van der Waals surface area contributed by atoms with Gasteiger partial charge in [0.25, 0.3) is 0 Å². The van der Waals surface area contributed by atoms with Crippen LogP contribution >= 0.6 is 11.6 Å². The van der Waals surface area contributed by atoms with Crippen LogP contribution in [0, 0.1) is 23.7 Å². The average Bonchev–Trinajstić information content (AvgIpc) is 3.29. The van der Waals surface area contributed by atoms with Gasteiger partial charge in [-0.3, -0.25) is 19.8 Å². The van der Waals surface area contributed by atoms with Crippen LogP contribution in [-0.2, 0) is 14.5 Å². The molecule has 2 aliphatic heterocycles. The topological polar surface area (TPSA) is 91.9 Å². The highest BCUT2D eigenvalue weighted by molar-refractivity contribution is 6.20. The fourth-order valence-corrected chi connectivity index (χ4v) is 5.97. The van der Waals surface area contributed by atoms with Crippen LogP contribution in [0.25, 0.3) is 0 Å².